The van der Waals surface area contributed by atoms with E-state index in [1.165, 1.54) is 0 Å². The summed E-state index contributed by atoms with van der Waals surface area (Å²) in [6.45, 7) is 20.0. The summed E-state index contributed by atoms with van der Waals surface area (Å²) in [5, 5.41) is 2.65. The number of hydrogen-bond acceptors (Lipinski definition) is 5. The summed E-state index contributed by atoms with van der Waals surface area (Å²) in [4.78, 5) is 25.7. The summed E-state index contributed by atoms with van der Waals surface area (Å²) in [6, 6.07) is 6.88. The van der Waals surface area contributed by atoms with Crippen molar-refractivity contribution in [1.82, 2.24) is 5.32 Å². The Morgan fingerprint density at radius 1 is 1.15 bits per heavy atom. The Balaban J connectivity index is 3.21. The highest BCUT2D eigenvalue weighted by molar-refractivity contribution is 6.81. The van der Waals surface area contributed by atoms with Crippen molar-refractivity contribution in [3.8, 4) is 5.75 Å². The van der Waals surface area contributed by atoms with Crippen molar-refractivity contribution >= 4 is 26.2 Å². The van der Waals surface area contributed by atoms with Crippen molar-refractivity contribution in [3.05, 3.63) is 48.6 Å². The second-order valence-electron chi connectivity index (χ2n) is 11.0. The number of rotatable bonds is 10. The van der Waals surface area contributed by atoms with E-state index in [4.69, 9.17) is 14.2 Å². The molecule has 2 atom stereocenters. The van der Waals surface area contributed by atoms with Crippen molar-refractivity contribution in [2.45, 2.75) is 89.9 Å². The summed E-state index contributed by atoms with van der Waals surface area (Å²) in [6.07, 6.45) is 5.92. The molecular formula is C27H43NO5Si. The van der Waals surface area contributed by atoms with Crippen LogP contribution in [0.15, 0.2) is 43.0 Å². The summed E-state index contributed by atoms with van der Waals surface area (Å²) in [7, 11) is -0.524. The Labute approximate surface area is 206 Å². The first-order chi connectivity index (χ1) is 15.6. The molecule has 0 aliphatic heterocycles. The van der Waals surface area contributed by atoms with Crippen molar-refractivity contribution in [2.75, 3.05) is 7.11 Å². The molecule has 1 amide bonds. The maximum absolute atomic E-state index is 13.3. The number of alkyl carbamates (subject to hydrolysis) is 1. The van der Waals surface area contributed by atoms with Crippen LogP contribution in [-0.4, -0.2) is 44.6 Å². The van der Waals surface area contributed by atoms with Crippen molar-refractivity contribution < 1.29 is 23.8 Å². The molecule has 0 radical (unpaired) electrons. The van der Waals surface area contributed by atoms with Gasteiger partial charge in [-0.05, 0) is 62.4 Å². The normalized spacial score (nSPS) is 14.3. The highest BCUT2D eigenvalue weighted by atomic mass is 28.3. The number of esters is 1. The van der Waals surface area contributed by atoms with Gasteiger partial charge in [0, 0.05) is 0 Å². The molecule has 0 heterocycles. The monoisotopic (exact) mass is 489 g/mol. The van der Waals surface area contributed by atoms with Gasteiger partial charge in [0.25, 0.3) is 0 Å². The van der Waals surface area contributed by atoms with Crippen LogP contribution in [-0.2, 0) is 14.3 Å². The molecule has 0 fully saturated rings. The number of methoxy groups -OCH3 is 1. The number of benzene rings is 1. The molecule has 7 heteroatoms. The van der Waals surface area contributed by atoms with Crippen LogP contribution >= 0.6 is 0 Å². The third-order valence-corrected chi connectivity index (χ3v) is 11.7. The lowest BCUT2D eigenvalue weighted by Crippen LogP contribution is -2.53. The van der Waals surface area contributed by atoms with Crippen LogP contribution in [0.4, 0.5) is 4.79 Å². The fourth-order valence-electron chi connectivity index (χ4n) is 2.99. The number of carbonyl (C=O) groups excluding carboxylic acids is 2. The highest BCUT2D eigenvalue weighted by Gasteiger charge is 2.44. The van der Waals surface area contributed by atoms with Crippen LogP contribution in [0.5, 0.6) is 5.75 Å². The molecular weight excluding hydrogens is 446 g/mol. The molecule has 1 aromatic carbocycles. The van der Waals surface area contributed by atoms with Gasteiger partial charge in [-0.1, -0.05) is 58.2 Å². The molecule has 0 spiro atoms. The molecule has 0 aromatic heterocycles. The number of allylic oxidation sites excluding steroid dienone is 1. The van der Waals surface area contributed by atoms with Gasteiger partial charge in [-0.2, -0.15) is 0 Å². The fourth-order valence-corrected chi connectivity index (χ4v) is 4.83. The number of hydrogen-bond donors (Lipinski definition) is 1. The van der Waals surface area contributed by atoms with Gasteiger partial charge in [0.1, 0.15) is 31.2 Å². The molecule has 0 aliphatic rings. The van der Waals surface area contributed by atoms with E-state index in [1.807, 2.05) is 36.4 Å². The minimum atomic E-state index is -2.15. The molecule has 0 bridgehead atoms. The summed E-state index contributed by atoms with van der Waals surface area (Å²) in [5.74, 6) is 0.284. The number of ether oxygens (including phenoxy) is 3. The smallest absolute Gasteiger partial charge is 0.408 e. The van der Waals surface area contributed by atoms with Gasteiger partial charge in [-0.3, -0.25) is 0 Å². The Kier molecular flexibility index (Phi) is 10.6. The van der Waals surface area contributed by atoms with Gasteiger partial charge in [0.05, 0.1) is 7.11 Å². The lowest BCUT2D eigenvalue weighted by atomic mass is 10.1. The van der Waals surface area contributed by atoms with Gasteiger partial charge >= 0.3 is 12.1 Å². The van der Waals surface area contributed by atoms with Crippen molar-refractivity contribution in [3.63, 3.8) is 0 Å². The molecule has 6 nitrogen and oxygen atoms in total. The zero-order chi connectivity index (χ0) is 26.2. The average Bonchev–Trinajstić information content (AvgIpc) is 2.71. The van der Waals surface area contributed by atoms with Crippen LogP contribution in [0, 0.1) is 0 Å². The molecule has 0 saturated carbocycles. The van der Waals surface area contributed by atoms with E-state index in [1.54, 1.807) is 34.0 Å². The van der Waals surface area contributed by atoms with Crippen LogP contribution in [0.1, 0.15) is 59.9 Å². The third-order valence-electron chi connectivity index (χ3n) is 6.08. The molecule has 34 heavy (non-hydrogen) atoms. The SMILES string of the molecule is C=CCCC(NC(=O)OC(C)(C)C)C(=O)O[C@H](/C=C/c1cccc(OC)c1)[Si](C)(C)C(C)(C)C. The topological polar surface area (TPSA) is 73.9 Å². The second-order valence-corrected chi connectivity index (χ2v) is 16.5. The Hall–Kier alpha value is -2.54. The highest BCUT2D eigenvalue weighted by Crippen LogP contribution is 2.40. The van der Waals surface area contributed by atoms with Crippen molar-refractivity contribution in [1.29, 1.82) is 0 Å². The van der Waals surface area contributed by atoms with E-state index in [0.29, 0.717) is 12.8 Å². The predicted octanol–water partition coefficient (Wildman–Crippen LogP) is 6.53. The van der Waals surface area contributed by atoms with Crippen LogP contribution < -0.4 is 10.1 Å². The fraction of sp³-hybridized carbons (Fsp3) is 0.556. The number of amides is 1. The molecule has 1 unspecified atom stereocenters. The Morgan fingerprint density at radius 3 is 2.32 bits per heavy atom. The number of nitrogens with one attached hydrogen (secondary N) is 1. The van der Waals surface area contributed by atoms with Gasteiger partial charge in [0.15, 0.2) is 0 Å². The first-order valence-corrected chi connectivity index (χ1v) is 14.8. The predicted molar refractivity (Wildman–Crippen MR) is 142 cm³/mol. The Bertz CT molecular complexity index is 865. The molecule has 190 valence electrons. The maximum atomic E-state index is 13.3. The zero-order valence-electron chi connectivity index (χ0n) is 22.4. The number of carbonyl (C=O) groups is 2. The Morgan fingerprint density at radius 2 is 1.79 bits per heavy atom. The van der Waals surface area contributed by atoms with Gasteiger partial charge < -0.3 is 19.5 Å². The third kappa shape index (κ3) is 9.37. The summed E-state index contributed by atoms with van der Waals surface area (Å²) < 4.78 is 16.8. The van der Waals surface area contributed by atoms with Gasteiger partial charge in [0.2, 0.25) is 0 Å². The van der Waals surface area contributed by atoms with E-state index in [2.05, 4.69) is 45.8 Å². The second kappa shape index (κ2) is 12.2. The largest absolute Gasteiger partial charge is 0.497 e. The van der Waals surface area contributed by atoms with E-state index < -0.39 is 37.5 Å². The van der Waals surface area contributed by atoms with E-state index in [0.717, 1.165) is 11.3 Å². The average molecular weight is 490 g/mol. The lowest BCUT2D eigenvalue weighted by Gasteiger charge is -2.41. The molecule has 1 N–H and O–H groups in total. The standard InChI is InChI=1S/C27H43NO5Si/c1-11-12-16-22(28-25(30)33-26(2,3)4)24(29)32-23(34(9,10)27(5,6)7)18-17-20-14-13-15-21(19-20)31-8/h11,13-15,17-19,22-23H,1,12,16H2,2-10H3,(H,28,30)/b18-17+/t22?,23-/m0/s1. The van der Waals surface area contributed by atoms with E-state index in [-0.39, 0.29) is 5.04 Å². The van der Waals surface area contributed by atoms with Crippen LogP contribution in [0.3, 0.4) is 0 Å². The minimum absolute atomic E-state index is 0.0358. The van der Waals surface area contributed by atoms with E-state index >= 15 is 0 Å². The van der Waals surface area contributed by atoms with E-state index in [9.17, 15) is 9.59 Å². The van der Waals surface area contributed by atoms with Gasteiger partial charge in [-0.25, -0.2) is 9.59 Å². The lowest BCUT2D eigenvalue weighted by molar-refractivity contribution is -0.147. The maximum Gasteiger partial charge on any atom is 0.408 e. The minimum Gasteiger partial charge on any atom is -0.497 e. The van der Waals surface area contributed by atoms with Crippen LogP contribution in [0.2, 0.25) is 18.1 Å². The summed E-state index contributed by atoms with van der Waals surface area (Å²) in [5.41, 5.74) is -0.118. The molecule has 1 rings (SSSR count). The van der Waals surface area contributed by atoms with Gasteiger partial charge in [-0.15, -0.1) is 6.58 Å². The first-order valence-electron chi connectivity index (χ1n) is 11.7. The van der Waals surface area contributed by atoms with Crippen molar-refractivity contribution in [2.24, 2.45) is 0 Å². The van der Waals surface area contributed by atoms with Crippen LogP contribution in [0.25, 0.3) is 6.08 Å². The summed E-state index contributed by atoms with van der Waals surface area (Å²) >= 11 is 0. The zero-order valence-corrected chi connectivity index (χ0v) is 23.4. The molecule has 0 saturated heterocycles. The first kappa shape index (κ1) is 29.5. The molecule has 1 aromatic rings. The quantitative estimate of drug-likeness (QED) is 0.230. The molecule has 0 aliphatic carbocycles.